The first-order valence-electron chi connectivity index (χ1n) is 24.1. The van der Waals surface area contributed by atoms with Crippen LogP contribution in [0.5, 0.6) is 0 Å². The maximum atomic E-state index is 2.71. The first-order valence-corrected chi connectivity index (χ1v) is 24.1. The van der Waals surface area contributed by atoms with Gasteiger partial charge in [-0.15, -0.1) is 0 Å². The monoisotopic (exact) mass is 837 g/mol. The summed E-state index contributed by atoms with van der Waals surface area (Å²) in [6.45, 7) is 4.88. The molecule has 15 rings (SSSR count). The Morgan fingerprint density at radius 3 is 1.68 bits per heavy atom. The number of hydrogen-bond donors (Lipinski definition) is 0. The van der Waals surface area contributed by atoms with Crippen LogP contribution in [0.4, 0.5) is 51.2 Å². The van der Waals surface area contributed by atoms with Crippen LogP contribution in [0.1, 0.15) is 69.1 Å². The van der Waals surface area contributed by atoms with E-state index < -0.39 is 0 Å². The van der Waals surface area contributed by atoms with Gasteiger partial charge in [0.1, 0.15) is 0 Å². The van der Waals surface area contributed by atoms with Gasteiger partial charge in [-0.2, -0.15) is 0 Å². The zero-order valence-electron chi connectivity index (χ0n) is 37.3. The second kappa shape index (κ2) is 13.9. The number of para-hydroxylation sites is 4. The third-order valence-corrected chi connectivity index (χ3v) is 16.7. The second-order valence-corrected chi connectivity index (χ2v) is 20.8. The van der Waals surface area contributed by atoms with Crippen LogP contribution in [-0.2, 0) is 10.8 Å². The number of hydrogen-bond acceptors (Lipinski definition) is 3. The van der Waals surface area contributed by atoms with Crippen molar-refractivity contribution >= 4 is 74.3 Å². The minimum atomic E-state index is -0.103. The van der Waals surface area contributed by atoms with Crippen molar-refractivity contribution in [3.63, 3.8) is 0 Å². The van der Waals surface area contributed by atoms with E-state index in [1.165, 1.54) is 111 Å². The highest BCUT2D eigenvalue weighted by Crippen LogP contribution is 2.62. The Morgan fingerprint density at radius 2 is 1.00 bits per heavy atom. The predicted octanol–water partition coefficient (Wildman–Crippen LogP) is 14.0. The van der Waals surface area contributed by atoms with Gasteiger partial charge in [0.25, 0.3) is 6.71 Å². The van der Waals surface area contributed by atoms with Crippen LogP contribution < -0.4 is 31.1 Å². The molecule has 0 radical (unpaired) electrons. The lowest BCUT2D eigenvalue weighted by atomic mass is 9.33. The topological polar surface area (TPSA) is 9.72 Å². The second-order valence-electron chi connectivity index (χ2n) is 20.8. The van der Waals surface area contributed by atoms with Gasteiger partial charge in [-0.3, -0.25) is 0 Å². The Balaban J connectivity index is 1.04. The molecule has 7 aliphatic rings. The summed E-state index contributed by atoms with van der Waals surface area (Å²) >= 11 is 0. The molecule has 4 saturated carbocycles. The van der Waals surface area contributed by atoms with Gasteiger partial charge in [0, 0.05) is 56.6 Å². The van der Waals surface area contributed by atoms with Gasteiger partial charge in [-0.05, 0) is 185 Å². The Hall–Kier alpha value is -6.78. The fourth-order valence-corrected chi connectivity index (χ4v) is 14.4. The van der Waals surface area contributed by atoms with Crippen LogP contribution in [0.15, 0.2) is 188 Å². The van der Waals surface area contributed by atoms with Crippen molar-refractivity contribution in [3.8, 4) is 11.1 Å². The number of rotatable bonds is 6. The van der Waals surface area contributed by atoms with Gasteiger partial charge in [0.05, 0.1) is 0 Å². The van der Waals surface area contributed by atoms with Gasteiger partial charge >= 0.3 is 0 Å². The standard InChI is InChI=1S/C61H52BN3/c1-60(2)51-23-13-12-22-49(51)50-28-26-47(35-52(50)60)65-55-25-15-14-24-53(55)62-54-29-27-48(63(44-16-6-3-7-17-44)45-18-8-4-9-19-45)36-56(54)64(46-20-10-5-11-21-46)57-33-43(34-58(65)59(57)62)61-37-40-30-41(38-61)32-42(31-40)39-61/h3-29,33-36,40-42H,30-32,37-39H2,1-2H3. The molecule has 5 aliphatic carbocycles. The van der Waals surface area contributed by atoms with Crippen molar-refractivity contribution in [2.75, 3.05) is 14.7 Å². The number of benzene rings is 8. The lowest BCUT2D eigenvalue weighted by Gasteiger charge is -2.57. The van der Waals surface area contributed by atoms with Crippen LogP contribution in [-0.4, -0.2) is 6.71 Å². The van der Waals surface area contributed by atoms with Crippen molar-refractivity contribution < 1.29 is 0 Å². The summed E-state index contributed by atoms with van der Waals surface area (Å²) in [5.41, 5.74) is 22.4. The van der Waals surface area contributed by atoms with E-state index in [2.05, 4.69) is 217 Å². The van der Waals surface area contributed by atoms with E-state index in [0.29, 0.717) is 0 Å². The van der Waals surface area contributed by atoms with Gasteiger partial charge in [0.2, 0.25) is 0 Å². The Bertz CT molecular complexity index is 3120. The molecule has 2 aliphatic heterocycles. The van der Waals surface area contributed by atoms with E-state index in [1.54, 1.807) is 5.56 Å². The van der Waals surface area contributed by atoms with E-state index in [4.69, 9.17) is 0 Å². The Labute approximate surface area is 384 Å². The predicted molar refractivity (Wildman–Crippen MR) is 273 cm³/mol. The fraction of sp³-hybridized carbons (Fsp3) is 0.213. The third-order valence-electron chi connectivity index (χ3n) is 16.7. The van der Waals surface area contributed by atoms with Crippen molar-refractivity contribution in [2.24, 2.45) is 17.8 Å². The maximum absolute atomic E-state index is 2.71. The highest BCUT2D eigenvalue weighted by Gasteiger charge is 2.53. The smallest absolute Gasteiger partial charge is 0.252 e. The average molecular weight is 838 g/mol. The highest BCUT2D eigenvalue weighted by atomic mass is 15.2. The number of anilines is 9. The Kier molecular flexibility index (Phi) is 8.02. The minimum absolute atomic E-state index is 0.0545. The zero-order valence-corrected chi connectivity index (χ0v) is 37.3. The summed E-state index contributed by atoms with van der Waals surface area (Å²) in [5.74, 6) is 2.53. The van der Waals surface area contributed by atoms with Crippen LogP contribution in [0.25, 0.3) is 11.1 Å². The van der Waals surface area contributed by atoms with Gasteiger partial charge in [-0.25, -0.2) is 0 Å². The van der Waals surface area contributed by atoms with Gasteiger partial charge < -0.3 is 14.7 Å². The van der Waals surface area contributed by atoms with Crippen molar-refractivity contribution in [3.05, 3.63) is 205 Å². The molecule has 4 heteroatoms. The molecule has 4 bridgehead atoms. The molecule has 0 spiro atoms. The summed E-state index contributed by atoms with van der Waals surface area (Å²) in [5, 5.41) is 0. The minimum Gasteiger partial charge on any atom is -0.311 e. The molecule has 4 fully saturated rings. The molecule has 0 amide bonds. The quantitative estimate of drug-likeness (QED) is 0.155. The number of nitrogens with zero attached hydrogens (tertiary/aromatic N) is 3. The molecule has 65 heavy (non-hydrogen) atoms. The summed E-state index contributed by atoms with van der Waals surface area (Å²) in [4.78, 5) is 7.73. The molecule has 3 nitrogen and oxygen atoms in total. The molecule has 314 valence electrons. The summed E-state index contributed by atoms with van der Waals surface area (Å²) < 4.78 is 0. The van der Waals surface area contributed by atoms with Crippen molar-refractivity contribution in [1.82, 2.24) is 0 Å². The van der Waals surface area contributed by atoms with E-state index >= 15 is 0 Å². The first kappa shape index (κ1) is 37.6. The lowest BCUT2D eigenvalue weighted by Crippen LogP contribution is -2.61. The van der Waals surface area contributed by atoms with Crippen molar-refractivity contribution in [1.29, 1.82) is 0 Å². The average Bonchev–Trinajstić information content (AvgIpc) is 3.57. The molecular formula is C61H52BN3. The fourth-order valence-electron chi connectivity index (χ4n) is 14.4. The molecule has 0 saturated heterocycles. The van der Waals surface area contributed by atoms with Crippen molar-refractivity contribution in [2.45, 2.75) is 63.2 Å². The van der Waals surface area contributed by atoms with Crippen LogP contribution in [0, 0.1) is 17.8 Å². The SMILES string of the molecule is CC1(C)c2ccccc2-c2ccc(N3c4ccccc4B4c5ccc(N(c6ccccc6)c6ccccc6)cc5N(c5ccccc5)c5cc(C67CC8CC(CC(C8)C6)C7)cc3c54)cc21. The van der Waals surface area contributed by atoms with Gasteiger partial charge in [-0.1, -0.05) is 123 Å². The maximum Gasteiger partial charge on any atom is 0.252 e. The molecule has 0 N–H and O–H groups in total. The zero-order chi connectivity index (χ0) is 43.0. The molecule has 0 aromatic heterocycles. The molecular weight excluding hydrogens is 786 g/mol. The molecule has 0 atom stereocenters. The first-order chi connectivity index (χ1) is 31.9. The number of fused-ring (bicyclic) bond motifs is 7. The van der Waals surface area contributed by atoms with Crippen LogP contribution in [0.3, 0.4) is 0 Å². The van der Waals surface area contributed by atoms with Crippen LogP contribution in [0.2, 0.25) is 0 Å². The molecule has 0 unspecified atom stereocenters. The molecule has 2 heterocycles. The molecule has 8 aromatic carbocycles. The van der Waals surface area contributed by atoms with E-state index in [1.807, 2.05) is 0 Å². The van der Waals surface area contributed by atoms with Crippen LogP contribution >= 0.6 is 0 Å². The van der Waals surface area contributed by atoms with E-state index in [-0.39, 0.29) is 17.5 Å². The largest absolute Gasteiger partial charge is 0.311 e. The normalized spacial score (nSPS) is 22.2. The van der Waals surface area contributed by atoms with E-state index in [9.17, 15) is 0 Å². The summed E-state index contributed by atoms with van der Waals surface area (Å²) in [6.07, 6.45) is 8.24. The molecule has 8 aromatic rings. The van der Waals surface area contributed by atoms with E-state index in [0.717, 1.165) is 34.8 Å². The summed E-state index contributed by atoms with van der Waals surface area (Å²) in [7, 11) is 0. The lowest BCUT2D eigenvalue weighted by molar-refractivity contribution is -0.00514. The summed E-state index contributed by atoms with van der Waals surface area (Å²) in [6, 6.07) is 71.4. The highest BCUT2D eigenvalue weighted by molar-refractivity contribution is 7.00. The Morgan fingerprint density at radius 1 is 0.446 bits per heavy atom. The van der Waals surface area contributed by atoms with Gasteiger partial charge in [0.15, 0.2) is 0 Å². The third kappa shape index (κ3) is 5.49.